The van der Waals surface area contributed by atoms with Gasteiger partial charge in [0.05, 0.1) is 12.2 Å². The fourth-order valence-electron chi connectivity index (χ4n) is 3.84. The topological polar surface area (TPSA) is 85.3 Å². The van der Waals surface area contributed by atoms with E-state index in [0.29, 0.717) is 23.8 Å². The van der Waals surface area contributed by atoms with Gasteiger partial charge in [0.1, 0.15) is 5.75 Å². The summed E-state index contributed by atoms with van der Waals surface area (Å²) in [6.45, 7) is 3.92. The second-order valence-corrected chi connectivity index (χ2v) is 8.08. The SMILES string of the molecule is Cc1ccc2c(c1)NC(=O)C(C)(C(=O)Nc1ccn(Cc3cccc4ccccc34)n1)O2. The van der Waals surface area contributed by atoms with Crippen LogP contribution in [0.2, 0.25) is 0 Å². The highest BCUT2D eigenvalue weighted by Crippen LogP contribution is 2.34. The van der Waals surface area contributed by atoms with Crippen LogP contribution in [0.15, 0.2) is 72.9 Å². The van der Waals surface area contributed by atoms with Crippen molar-refractivity contribution in [3.8, 4) is 5.75 Å². The smallest absolute Gasteiger partial charge is 0.279 e. The van der Waals surface area contributed by atoms with Crippen molar-refractivity contribution in [1.29, 1.82) is 0 Å². The Hall–Kier alpha value is -4.13. The van der Waals surface area contributed by atoms with Gasteiger partial charge in [-0.1, -0.05) is 48.5 Å². The third kappa shape index (κ3) is 3.47. The minimum Gasteiger partial charge on any atom is -0.466 e. The second kappa shape index (κ2) is 7.53. The number of aromatic nitrogens is 2. The van der Waals surface area contributed by atoms with Gasteiger partial charge in [0.15, 0.2) is 5.82 Å². The van der Waals surface area contributed by atoms with Gasteiger partial charge < -0.3 is 15.4 Å². The minimum absolute atomic E-state index is 0.350. The first-order chi connectivity index (χ1) is 15.4. The lowest BCUT2D eigenvalue weighted by Gasteiger charge is -2.33. The summed E-state index contributed by atoms with van der Waals surface area (Å²) in [6.07, 6.45) is 1.79. The molecule has 2 heterocycles. The normalized spacial score (nSPS) is 17.4. The summed E-state index contributed by atoms with van der Waals surface area (Å²) in [7, 11) is 0. The van der Waals surface area contributed by atoms with Gasteiger partial charge in [0.2, 0.25) is 0 Å². The van der Waals surface area contributed by atoms with Crippen LogP contribution in [0.1, 0.15) is 18.1 Å². The zero-order chi connectivity index (χ0) is 22.3. The Labute approximate surface area is 185 Å². The van der Waals surface area contributed by atoms with E-state index < -0.39 is 17.4 Å². The van der Waals surface area contributed by atoms with E-state index in [9.17, 15) is 9.59 Å². The van der Waals surface area contributed by atoms with Crippen LogP contribution in [0, 0.1) is 6.92 Å². The van der Waals surface area contributed by atoms with E-state index in [4.69, 9.17) is 4.74 Å². The third-order valence-corrected chi connectivity index (χ3v) is 5.66. The molecular formula is C25H22N4O3. The van der Waals surface area contributed by atoms with Crippen molar-refractivity contribution in [2.75, 3.05) is 10.6 Å². The predicted molar refractivity (Wildman–Crippen MR) is 123 cm³/mol. The summed E-state index contributed by atoms with van der Waals surface area (Å²) in [5, 5.41) is 12.2. The summed E-state index contributed by atoms with van der Waals surface area (Å²) in [6, 6.07) is 21.4. The number of hydrogen-bond donors (Lipinski definition) is 2. The van der Waals surface area contributed by atoms with Gasteiger partial charge in [-0.25, -0.2) is 0 Å². The van der Waals surface area contributed by atoms with Crippen molar-refractivity contribution in [2.24, 2.45) is 0 Å². The quantitative estimate of drug-likeness (QED) is 0.481. The largest absolute Gasteiger partial charge is 0.466 e. The number of carbonyl (C=O) groups excluding carboxylic acids is 2. The monoisotopic (exact) mass is 426 g/mol. The van der Waals surface area contributed by atoms with E-state index in [1.807, 2.05) is 31.2 Å². The molecular weight excluding hydrogens is 404 g/mol. The molecule has 0 fully saturated rings. The Morgan fingerprint density at radius 2 is 1.94 bits per heavy atom. The van der Waals surface area contributed by atoms with Crippen molar-refractivity contribution >= 4 is 34.1 Å². The van der Waals surface area contributed by atoms with Crippen LogP contribution in [0.5, 0.6) is 5.75 Å². The molecule has 2 N–H and O–H groups in total. The van der Waals surface area contributed by atoms with E-state index in [-0.39, 0.29) is 0 Å². The summed E-state index contributed by atoms with van der Waals surface area (Å²) in [4.78, 5) is 25.6. The molecule has 0 aliphatic carbocycles. The van der Waals surface area contributed by atoms with Gasteiger partial charge in [-0.05, 0) is 47.9 Å². The molecule has 1 aliphatic rings. The maximum absolute atomic E-state index is 13.0. The van der Waals surface area contributed by atoms with Gasteiger partial charge in [-0.2, -0.15) is 5.10 Å². The van der Waals surface area contributed by atoms with Crippen LogP contribution in [0.25, 0.3) is 10.8 Å². The van der Waals surface area contributed by atoms with Crippen molar-refractivity contribution in [3.05, 3.63) is 84.1 Å². The molecule has 2 amide bonds. The zero-order valence-electron chi connectivity index (χ0n) is 17.8. The van der Waals surface area contributed by atoms with Gasteiger partial charge in [-0.3, -0.25) is 14.3 Å². The lowest BCUT2D eigenvalue weighted by molar-refractivity contribution is -0.143. The van der Waals surface area contributed by atoms with Crippen LogP contribution >= 0.6 is 0 Å². The Kier molecular flexibility index (Phi) is 4.66. The van der Waals surface area contributed by atoms with E-state index in [2.05, 4.69) is 40.0 Å². The van der Waals surface area contributed by atoms with Crippen molar-refractivity contribution in [3.63, 3.8) is 0 Å². The molecule has 0 bridgehead atoms. The van der Waals surface area contributed by atoms with Crippen molar-refractivity contribution in [2.45, 2.75) is 26.0 Å². The number of ether oxygens (including phenoxy) is 1. The van der Waals surface area contributed by atoms with Gasteiger partial charge in [-0.15, -0.1) is 0 Å². The van der Waals surface area contributed by atoms with E-state index >= 15 is 0 Å². The summed E-state index contributed by atoms with van der Waals surface area (Å²) >= 11 is 0. The highest BCUT2D eigenvalue weighted by Gasteiger charge is 2.47. The number of amides is 2. The average Bonchev–Trinajstić information content (AvgIpc) is 3.22. The molecule has 7 nitrogen and oxygen atoms in total. The first kappa shape index (κ1) is 19.8. The van der Waals surface area contributed by atoms with Crippen molar-refractivity contribution in [1.82, 2.24) is 9.78 Å². The molecule has 0 saturated carbocycles. The Balaban J connectivity index is 1.33. The Morgan fingerprint density at radius 3 is 2.81 bits per heavy atom. The molecule has 4 aromatic rings. The first-order valence-corrected chi connectivity index (χ1v) is 10.3. The lowest BCUT2D eigenvalue weighted by Crippen LogP contribution is -2.56. The van der Waals surface area contributed by atoms with Crippen molar-refractivity contribution < 1.29 is 14.3 Å². The summed E-state index contributed by atoms with van der Waals surface area (Å²) in [5.41, 5.74) is 0.955. The summed E-state index contributed by atoms with van der Waals surface area (Å²) < 4.78 is 7.56. The van der Waals surface area contributed by atoms with Gasteiger partial charge >= 0.3 is 0 Å². The number of nitrogens with one attached hydrogen (secondary N) is 2. The number of rotatable bonds is 4. The molecule has 7 heteroatoms. The van der Waals surface area contributed by atoms with E-state index in [0.717, 1.165) is 21.9 Å². The predicted octanol–water partition coefficient (Wildman–Crippen LogP) is 4.12. The van der Waals surface area contributed by atoms with Crippen LogP contribution in [0.4, 0.5) is 11.5 Å². The molecule has 5 rings (SSSR count). The average molecular weight is 426 g/mol. The van der Waals surface area contributed by atoms with Gasteiger partial charge in [0, 0.05) is 12.3 Å². The number of benzene rings is 3. The molecule has 1 atom stereocenters. The van der Waals surface area contributed by atoms with Crippen LogP contribution < -0.4 is 15.4 Å². The first-order valence-electron chi connectivity index (χ1n) is 10.3. The summed E-state index contributed by atoms with van der Waals surface area (Å²) in [5.74, 6) is -0.308. The lowest BCUT2D eigenvalue weighted by atomic mass is 10.0. The zero-order valence-corrected chi connectivity index (χ0v) is 17.8. The molecule has 0 saturated heterocycles. The molecule has 32 heavy (non-hydrogen) atoms. The van der Waals surface area contributed by atoms with Crippen LogP contribution in [0.3, 0.4) is 0 Å². The fourth-order valence-corrected chi connectivity index (χ4v) is 3.84. The van der Waals surface area contributed by atoms with E-state index in [1.165, 1.54) is 6.92 Å². The molecule has 1 unspecified atom stereocenters. The third-order valence-electron chi connectivity index (χ3n) is 5.66. The van der Waals surface area contributed by atoms with Crippen LogP contribution in [-0.2, 0) is 16.1 Å². The Bertz CT molecular complexity index is 1360. The minimum atomic E-state index is -1.71. The molecule has 0 spiro atoms. The second-order valence-electron chi connectivity index (χ2n) is 8.08. The molecule has 0 radical (unpaired) electrons. The number of anilines is 2. The number of nitrogens with zero attached hydrogens (tertiary/aromatic N) is 2. The standard InChI is InChI=1S/C25H22N4O3/c1-16-10-11-21-20(14-16)26-23(30)25(2,32-21)24(31)27-22-12-13-29(28-22)15-18-8-5-7-17-6-3-4-9-19(17)18/h3-14H,15H2,1-2H3,(H,26,30)(H,27,28,31). The number of fused-ring (bicyclic) bond motifs is 2. The fraction of sp³-hybridized carbons (Fsp3) is 0.160. The van der Waals surface area contributed by atoms with Gasteiger partial charge in [0.25, 0.3) is 17.4 Å². The molecule has 1 aliphatic heterocycles. The number of hydrogen-bond acceptors (Lipinski definition) is 4. The molecule has 160 valence electrons. The number of aryl methyl sites for hydroxylation is 1. The molecule has 3 aromatic carbocycles. The maximum atomic E-state index is 13.0. The highest BCUT2D eigenvalue weighted by atomic mass is 16.5. The van der Waals surface area contributed by atoms with Crippen LogP contribution in [-0.4, -0.2) is 27.2 Å². The van der Waals surface area contributed by atoms with E-state index in [1.54, 1.807) is 29.1 Å². The highest BCUT2D eigenvalue weighted by molar-refractivity contribution is 6.18. The Morgan fingerprint density at radius 1 is 1.12 bits per heavy atom. The number of carbonyl (C=O) groups is 2. The molecule has 1 aromatic heterocycles. The maximum Gasteiger partial charge on any atom is 0.279 e.